The van der Waals surface area contributed by atoms with E-state index < -0.39 is 124 Å². The van der Waals surface area contributed by atoms with E-state index in [0.29, 0.717) is 6.92 Å². The average Bonchev–Trinajstić information content (AvgIpc) is 3.52. The molecule has 12 nitrogen and oxygen atoms in total. The molecular weight excluding hydrogens is 909 g/mol. The van der Waals surface area contributed by atoms with Crippen LogP contribution in [0.1, 0.15) is 102 Å². The van der Waals surface area contributed by atoms with E-state index in [1.54, 1.807) is 20.8 Å². The van der Waals surface area contributed by atoms with Crippen LogP contribution in [-0.2, 0) is 42.8 Å². The lowest BCUT2D eigenvalue weighted by molar-refractivity contribution is -0.413. The van der Waals surface area contributed by atoms with Gasteiger partial charge in [0.05, 0.1) is 29.5 Å². The minimum Gasteiger partial charge on any atom is -0.453 e. The fraction of sp³-hybridized carbons (Fsp3) is 0.917. The smallest absolute Gasteiger partial charge is 0.449 e. The SMILES string of the molecule is CCC(C)(C)C(=O)OC1(C)COC(O)(C(F)(F)F)C1(F)F.CCC(C)(C)C(=O)OC1C(C)(C)OC(O)(C(F)(F)F)C1(F)F.CCC(C)(C)C(=O)OC1COC(O)(C(F)(F)F)C1(F)F. The first-order valence-corrected chi connectivity index (χ1v) is 18.6. The van der Waals surface area contributed by atoms with Crippen LogP contribution >= 0.6 is 0 Å². The van der Waals surface area contributed by atoms with Crippen LogP contribution in [0, 0.1) is 16.2 Å². The van der Waals surface area contributed by atoms with E-state index in [9.17, 15) is 90.5 Å². The Kier molecular flexibility index (Phi) is 16.1. The molecule has 0 radical (unpaired) electrons. The van der Waals surface area contributed by atoms with Gasteiger partial charge < -0.3 is 43.7 Å². The van der Waals surface area contributed by atoms with Crippen LogP contribution in [0.2, 0.25) is 0 Å². The first-order valence-electron chi connectivity index (χ1n) is 18.6. The summed E-state index contributed by atoms with van der Waals surface area (Å²) in [6, 6.07) is 0. The van der Waals surface area contributed by atoms with Gasteiger partial charge in [-0.3, -0.25) is 14.4 Å². The minimum absolute atomic E-state index is 0.231. The van der Waals surface area contributed by atoms with Crippen LogP contribution in [0.5, 0.6) is 0 Å². The Morgan fingerprint density at radius 2 is 0.937 bits per heavy atom. The lowest BCUT2D eigenvalue weighted by atomic mass is 9.89. The first kappa shape index (κ1) is 58.1. The number of halogens is 15. The van der Waals surface area contributed by atoms with Crippen molar-refractivity contribution in [2.45, 2.75) is 179 Å². The Labute approximate surface area is 351 Å². The highest BCUT2D eigenvalue weighted by Gasteiger charge is 2.84. The van der Waals surface area contributed by atoms with Crippen LogP contribution in [0.15, 0.2) is 0 Å². The summed E-state index contributed by atoms with van der Waals surface area (Å²) in [6.45, 7) is 13.1. The maximum absolute atomic E-state index is 14.1. The van der Waals surface area contributed by atoms with E-state index in [0.717, 1.165) is 13.8 Å². The van der Waals surface area contributed by atoms with Crippen molar-refractivity contribution in [3.63, 3.8) is 0 Å². The van der Waals surface area contributed by atoms with Gasteiger partial charge in [0.25, 0.3) is 0 Å². The van der Waals surface area contributed by atoms with Gasteiger partial charge >= 0.3 is 71.6 Å². The van der Waals surface area contributed by atoms with E-state index in [1.165, 1.54) is 41.5 Å². The highest BCUT2D eigenvalue weighted by Crippen LogP contribution is 2.57. The second-order valence-corrected chi connectivity index (χ2v) is 17.6. The van der Waals surface area contributed by atoms with Gasteiger partial charge in [-0.1, -0.05) is 20.8 Å². The zero-order chi connectivity index (χ0) is 50.7. The molecule has 27 heteroatoms. The van der Waals surface area contributed by atoms with E-state index in [1.807, 2.05) is 0 Å². The monoisotopic (exact) mass is 960 g/mol. The molecule has 3 aliphatic rings. The third kappa shape index (κ3) is 10.3. The predicted octanol–water partition coefficient (Wildman–Crippen LogP) is 7.92. The second kappa shape index (κ2) is 17.4. The second-order valence-electron chi connectivity index (χ2n) is 17.6. The number of hydrogen-bond donors (Lipinski definition) is 3. The summed E-state index contributed by atoms with van der Waals surface area (Å²) in [4.78, 5) is 35.4. The first-order chi connectivity index (χ1) is 27.5. The van der Waals surface area contributed by atoms with Crippen molar-refractivity contribution in [3.05, 3.63) is 0 Å². The van der Waals surface area contributed by atoms with E-state index in [2.05, 4.69) is 28.4 Å². The number of aliphatic hydroxyl groups is 3. The highest BCUT2D eigenvalue weighted by molar-refractivity contribution is 5.77. The summed E-state index contributed by atoms with van der Waals surface area (Å²) < 4.78 is 223. The molecule has 372 valence electrons. The largest absolute Gasteiger partial charge is 0.453 e. The number of rotatable bonds is 9. The van der Waals surface area contributed by atoms with E-state index in [4.69, 9.17) is 5.11 Å². The molecular formula is C36H51F15O12. The van der Waals surface area contributed by atoms with Gasteiger partial charge in [0.2, 0.25) is 5.60 Å². The van der Waals surface area contributed by atoms with Gasteiger partial charge in [0.1, 0.15) is 5.60 Å². The fourth-order valence-electron chi connectivity index (χ4n) is 5.04. The van der Waals surface area contributed by atoms with Crippen molar-refractivity contribution in [3.8, 4) is 0 Å². The number of hydrogen-bond acceptors (Lipinski definition) is 12. The molecule has 3 fully saturated rings. The molecule has 3 heterocycles. The van der Waals surface area contributed by atoms with Gasteiger partial charge in [-0.05, 0) is 81.6 Å². The fourth-order valence-corrected chi connectivity index (χ4v) is 5.04. The lowest BCUT2D eigenvalue weighted by Gasteiger charge is -2.37. The van der Waals surface area contributed by atoms with Crippen LogP contribution in [0.3, 0.4) is 0 Å². The maximum Gasteiger partial charge on any atom is 0.449 e. The Morgan fingerprint density at radius 3 is 1.25 bits per heavy atom. The zero-order valence-corrected chi connectivity index (χ0v) is 35.9. The molecule has 0 bridgehead atoms. The Balaban J connectivity index is 0.000000473. The standard InChI is InChI=1S/C13H19F5O4.C12H17F5O4.C11H15F5O4/c1-6-9(2,3)8(19)21-7-10(4,5)22-12(20,11(7,14)15)13(16,17)18;1-5-8(2,3)7(18)21-9(4)6-20-11(19,10(9,13)14)12(15,16)17;1-4-8(2,3)7(17)20-6-5-19-10(18,9(6,12)13)11(14,15)16/h7,20H,6H2,1-5H3;19H,5-6H2,1-4H3;6,18H,4-5H2,1-3H3. The van der Waals surface area contributed by atoms with Crippen molar-refractivity contribution in [2.75, 3.05) is 13.2 Å². The zero-order valence-electron chi connectivity index (χ0n) is 35.9. The van der Waals surface area contributed by atoms with Crippen LogP contribution in [0.4, 0.5) is 65.9 Å². The number of carbonyl (C=O) groups is 3. The van der Waals surface area contributed by atoms with Crippen molar-refractivity contribution < 1.29 is 124 Å². The molecule has 0 aromatic rings. The molecule has 0 amide bonds. The minimum atomic E-state index is -5.75. The van der Waals surface area contributed by atoms with Crippen LogP contribution < -0.4 is 0 Å². The van der Waals surface area contributed by atoms with E-state index >= 15 is 0 Å². The third-order valence-electron chi connectivity index (χ3n) is 11.0. The van der Waals surface area contributed by atoms with E-state index in [-0.39, 0.29) is 19.3 Å². The Bertz CT molecular complexity index is 1660. The van der Waals surface area contributed by atoms with Gasteiger partial charge in [0, 0.05) is 0 Å². The van der Waals surface area contributed by atoms with Crippen LogP contribution in [-0.4, -0.2) is 124 Å². The molecule has 0 saturated carbocycles. The summed E-state index contributed by atoms with van der Waals surface area (Å²) in [5, 5.41) is 27.5. The van der Waals surface area contributed by atoms with Crippen molar-refractivity contribution in [2.24, 2.45) is 16.2 Å². The molecule has 3 rings (SSSR count). The summed E-state index contributed by atoms with van der Waals surface area (Å²) in [7, 11) is 0. The van der Waals surface area contributed by atoms with Gasteiger partial charge in [-0.2, -0.15) is 65.9 Å². The number of ether oxygens (including phenoxy) is 6. The van der Waals surface area contributed by atoms with Gasteiger partial charge in [-0.25, -0.2) is 0 Å². The normalized spacial score (nSPS) is 31.5. The van der Waals surface area contributed by atoms with Crippen molar-refractivity contribution in [1.82, 2.24) is 0 Å². The predicted molar refractivity (Wildman–Crippen MR) is 181 cm³/mol. The molecule has 6 unspecified atom stereocenters. The molecule has 0 aromatic heterocycles. The van der Waals surface area contributed by atoms with Crippen molar-refractivity contribution >= 4 is 17.9 Å². The number of esters is 3. The van der Waals surface area contributed by atoms with Crippen LogP contribution in [0.25, 0.3) is 0 Å². The molecule has 0 aliphatic carbocycles. The molecule has 3 saturated heterocycles. The Morgan fingerprint density at radius 1 is 0.571 bits per heavy atom. The molecule has 3 aliphatic heterocycles. The maximum atomic E-state index is 14.1. The summed E-state index contributed by atoms with van der Waals surface area (Å²) in [5.41, 5.74) is -8.59. The summed E-state index contributed by atoms with van der Waals surface area (Å²) >= 11 is 0. The quantitative estimate of drug-likeness (QED) is 0.116. The molecule has 6 atom stereocenters. The topological polar surface area (TPSA) is 167 Å². The number of alkyl halides is 15. The summed E-state index contributed by atoms with van der Waals surface area (Å²) in [5.74, 6) is -31.8. The highest BCUT2D eigenvalue weighted by atomic mass is 19.4. The molecule has 0 aromatic carbocycles. The molecule has 0 spiro atoms. The summed E-state index contributed by atoms with van der Waals surface area (Å²) in [6.07, 6.45) is -21.6. The molecule has 63 heavy (non-hydrogen) atoms. The third-order valence-corrected chi connectivity index (χ3v) is 11.0. The Hall–Kier alpha value is -2.88. The van der Waals surface area contributed by atoms with Crippen molar-refractivity contribution in [1.29, 1.82) is 0 Å². The lowest BCUT2D eigenvalue weighted by Crippen LogP contribution is -2.63. The molecule has 3 N–H and O–H groups in total. The van der Waals surface area contributed by atoms with Gasteiger partial charge in [-0.15, -0.1) is 0 Å². The van der Waals surface area contributed by atoms with Gasteiger partial charge in [0.15, 0.2) is 12.2 Å². The number of carbonyl (C=O) groups excluding carboxylic acids is 3. The average molecular weight is 961 g/mol.